The number of hydrogen-bond acceptors (Lipinski definition) is 5. The van der Waals surface area contributed by atoms with Crippen molar-refractivity contribution in [3.63, 3.8) is 0 Å². The zero-order valence-electron chi connectivity index (χ0n) is 18.3. The van der Waals surface area contributed by atoms with Gasteiger partial charge in [0.2, 0.25) is 0 Å². The average Bonchev–Trinajstić information content (AvgIpc) is 2.68. The lowest BCUT2D eigenvalue weighted by Crippen LogP contribution is -2.38. The number of rotatable bonds is 6. The molecule has 0 atom stereocenters. The average molecular weight is 434 g/mol. The van der Waals surface area contributed by atoms with E-state index < -0.39 is 30.0 Å². The third-order valence-corrected chi connectivity index (χ3v) is 5.95. The zero-order valence-corrected chi connectivity index (χ0v) is 18.3. The fraction of sp³-hybridized carbons (Fsp3) is 0.478. The molecule has 6 nitrogen and oxygen atoms in total. The number of pyridine rings is 1. The van der Waals surface area contributed by atoms with Crippen LogP contribution in [0.15, 0.2) is 12.1 Å². The molecule has 1 fully saturated rings. The Balaban J connectivity index is 2.30. The second-order valence-corrected chi connectivity index (χ2v) is 8.70. The number of aliphatic hydroxyl groups is 1. The van der Waals surface area contributed by atoms with E-state index in [4.69, 9.17) is 4.74 Å². The van der Waals surface area contributed by atoms with Crippen molar-refractivity contribution in [3.8, 4) is 16.9 Å². The SMILES string of the molecule is COc1c(F)cc(-c2c(CO)nc(C)c(CC(=O)O)c2N2CCC(C)(C)CC2)cc1F. The molecular weight excluding hydrogens is 406 g/mol. The maximum Gasteiger partial charge on any atom is 0.307 e. The number of hydrogen-bond donors (Lipinski definition) is 2. The van der Waals surface area contributed by atoms with Gasteiger partial charge < -0.3 is 19.8 Å². The number of aliphatic hydroxyl groups excluding tert-OH is 1. The van der Waals surface area contributed by atoms with Gasteiger partial charge in [0, 0.05) is 29.9 Å². The molecule has 0 radical (unpaired) electrons. The van der Waals surface area contributed by atoms with Crippen LogP contribution < -0.4 is 9.64 Å². The van der Waals surface area contributed by atoms with E-state index in [-0.39, 0.29) is 23.1 Å². The number of anilines is 1. The molecular formula is C23H28F2N2O4. The summed E-state index contributed by atoms with van der Waals surface area (Å²) in [6.45, 7) is 6.90. The molecule has 31 heavy (non-hydrogen) atoms. The van der Waals surface area contributed by atoms with Crippen molar-refractivity contribution >= 4 is 11.7 Å². The van der Waals surface area contributed by atoms with Crippen LogP contribution in [-0.4, -0.2) is 41.4 Å². The van der Waals surface area contributed by atoms with Crippen molar-refractivity contribution in [2.24, 2.45) is 5.41 Å². The second-order valence-electron chi connectivity index (χ2n) is 8.70. The molecule has 1 saturated heterocycles. The number of benzene rings is 1. The van der Waals surface area contributed by atoms with Gasteiger partial charge in [-0.05, 0) is 42.9 Å². The lowest BCUT2D eigenvalue weighted by molar-refractivity contribution is -0.136. The Kier molecular flexibility index (Phi) is 6.50. The first kappa shape index (κ1) is 22.9. The first-order chi connectivity index (χ1) is 14.6. The fourth-order valence-electron chi connectivity index (χ4n) is 4.15. The van der Waals surface area contributed by atoms with E-state index in [2.05, 4.69) is 18.8 Å². The minimum Gasteiger partial charge on any atom is -0.491 e. The van der Waals surface area contributed by atoms with Crippen LogP contribution in [0.25, 0.3) is 11.1 Å². The normalized spacial score (nSPS) is 15.8. The topological polar surface area (TPSA) is 82.9 Å². The summed E-state index contributed by atoms with van der Waals surface area (Å²) in [6, 6.07) is 2.27. The van der Waals surface area contributed by atoms with Crippen molar-refractivity contribution in [2.75, 3.05) is 25.1 Å². The molecule has 0 spiro atoms. The number of ether oxygens (including phenoxy) is 1. The molecule has 1 aromatic carbocycles. The Hall–Kier alpha value is -2.74. The summed E-state index contributed by atoms with van der Waals surface area (Å²) in [7, 11) is 1.18. The quantitative estimate of drug-likeness (QED) is 0.713. The molecule has 8 heteroatoms. The van der Waals surface area contributed by atoms with Crippen LogP contribution in [0.3, 0.4) is 0 Å². The predicted octanol–water partition coefficient (Wildman–Crippen LogP) is 4.09. The monoisotopic (exact) mass is 434 g/mol. The fourth-order valence-corrected chi connectivity index (χ4v) is 4.15. The number of aliphatic carboxylic acids is 1. The molecule has 0 bridgehead atoms. The predicted molar refractivity (Wildman–Crippen MR) is 113 cm³/mol. The van der Waals surface area contributed by atoms with Crippen LogP contribution in [0.5, 0.6) is 5.75 Å². The molecule has 1 aliphatic heterocycles. The van der Waals surface area contributed by atoms with Crippen LogP contribution in [0.4, 0.5) is 14.5 Å². The minimum absolute atomic E-state index is 0.143. The molecule has 1 aromatic heterocycles. The van der Waals surface area contributed by atoms with Gasteiger partial charge in [0.05, 0.1) is 31.5 Å². The number of carbonyl (C=O) groups is 1. The van der Waals surface area contributed by atoms with Crippen molar-refractivity contribution in [3.05, 3.63) is 40.7 Å². The van der Waals surface area contributed by atoms with Crippen LogP contribution in [0, 0.1) is 24.0 Å². The first-order valence-electron chi connectivity index (χ1n) is 10.2. The van der Waals surface area contributed by atoms with E-state index in [1.54, 1.807) is 6.92 Å². The molecule has 2 aromatic rings. The lowest BCUT2D eigenvalue weighted by atomic mass is 9.82. The summed E-state index contributed by atoms with van der Waals surface area (Å²) in [6.07, 6.45) is 1.47. The molecule has 3 rings (SSSR count). The standard InChI is InChI=1S/C23H28F2N2O4/c1-13-15(11-19(29)30)21(27-7-5-23(2,3)6-8-27)20(18(12-28)26-13)14-9-16(24)22(31-4)17(25)10-14/h9-10,28H,5-8,11-12H2,1-4H3,(H,29,30). The zero-order chi connectivity index (χ0) is 22.9. The Morgan fingerprint density at radius 1 is 1.23 bits per heavy atom. The van der Waals surface area contributed by atoms with Gasteiger partial charge in [0.25, 0.3) is 0 Å². The number of aryl methyl sites for hydroxylation is 1. The highest BCUT2D eigenvalue weighted by molar-refractivity contribution is 5.86. The van der Waals surface area contributed by atoms with Crippen LogP contribution in [0.1, 0.15) is 43.6 Å². The van der Waals surface area contributed by atoms with Crippen LogP contribution >= 0.6 is 0 Å². The van der Waals surface area contributed by atoms with E-state index in [0.717, 1.165) is 25.0 Å². The van der Waals surface area contributed by atoms with Gasteiger partial charge in [-0.15, -0.1) is 0 Å². The Bertz CT molecular complexity index is 975. The van der Waals surface area contributed by atoms with E-state index in [0.29, 0.717) is 35.6 Å². The van der Waals surface area contributed by atoms with Crippen molar-refractivity contribution in [2.45, 2.75) is 46.6 Å². The molecule has 0 aliphatic carbocycles. The first-order valence-corrected chi connectivity index (χ1v) is 10.2. The number of methoxy groups -OCH3 is 1. The summed E-state index contributed by atoms with van der Waals surface area (Å²) in [5.41, 5.74) is 2.45. The summed E-state index contributed by atoms with van der Waals surface area (Å²) < 4.78 is 33.9. The number of carboxylic acids is 1. The smallest absolute Gasteiger partial charge is 0.307 e. The van der Waals surface area contributed by atoms with Crippen molar-refractivity contribution in [1.82, 2.24) is 4.98 Å². The van der Waals surface area contributed by atoms with Gasteiger partial charge in [-0.25, -0.2) is 8.78 Å². The highest BCUT2D eigenvalue weighted by atomic mass is 19.1. The number of carboxylic acid groups (broad SMARTS) is 1. The van der Waals surface area contributed by atoms with E-state index in [1.807, 2.05) is 4.90 Å². The van der Waals surface area contributed by atoms with Crippen LogP contribution in [0.2, 0.25) is 0 Å². The highest BCUT2D eigenvalue weighted by Gasteiger charge is 2.31. The highest BCUT2D eigenvalue weighted by Crippen LogP contribution is 2.42. The summed E-state index contributed by atoms with van der Waals surface area (Å²) in [5, 5.41) is 19.5. The van der Waals surface area contributed by atoms with E-state index >= 15 is 0 Å². The van der Waals surface area contributed by atoms with E-state index in [9.17, 15) is 23.8 Å². The summed E-state index contributed by atoms with van der Waals surface area (Å²) in [4.78, 5) is 18.1. The third-order valence-electron chi connectivity index (χ3n) is 5.95. The largest absolute Gasteiger partial charge is 0.491 e. The number of piperidine rings is 1. The Morgan fingerprint density at radius 2 is 1.81 bits per heavy atom. The molecule has 0 saturated carbocycles. The van der Waals surface area contributed by atoms with E-state index in [1.165, 1.54) is 7.11 Å². The number of nitrogens with zero attached hydrogens (tertiary/aromatic N) is 2. The maximum atomic E-state index is 14.5. The lowest BCUT2D eigenvalue weighted by Gasteiger charge is -2.40. The van der Waals surface area contributed by atoms with Gasteiger partial charge >= 0.3 is 5.97 Å². The van der Waals surface area contributed by atoms with Gasteiger partial charge in [-0.3, -0.25) is 9.78 Å². The van der Waals surface area contributed by atoms with Crippen molar-refractivity contribution in [1.29, 1.82) is 0 Å². The van der Waals surface area contributed by atoms with Gasteiger partial charge in [0.1, 0.15) is 0 Å². The Morgan fingerprint density at radius 3 is 2.29 bits per heavy atom. The Labute approximate surface area is 180 Å². The number of aromatic nitrogens is 1. The van der Waals surface area contributed by atoms with Gasteiger partial charge in [0.15, 0.2) is 17.4 Å². The van der Waals surface area contributed by atoms with Gasteiger partial charge in [-0.2, -0.15) is 0 Å². The van der Waals surface area contributed by atoms with Crippen LogP contribution in [-0.2, 0) is 17.8 Å². The molecule has 2 heterocycles. The molecule has 1 aliphatic rings. The summed E-state index contributed by atoms with van der Waals surface area (Å²) in [5.74, 6) is -3.29. The maximum absolute atomic E-state index is 14.5. The molecule has 2 N–H and O–H groups in total. The van der Waals surface area contributed by atoms with Gasteiger partial charge in [-0.1, -0.05) is 13.8 Å². The third kappa shape index (κ3) is 4.63. The molecule has 168 valence electrons. The van der Waals surface area contributed by atoms with Crippen molar-refractivity contribution < 1.29 is 28.5 Å². The molecule has 0 amide bonds. The molecule has 0 unspecified atom stereocenters. The minimum atomic E-state index is -1.03. The summed E-state index contributed by atoms with van der Waals surface area (Å²) >= 11 is 0. The second kappa shape index (κ2) is 8.78. The number of halogens is 2.